The summed E-state index contributed by atoms with van der Waals surface area (Å²) in [5.74, 6) is 0. The third kappa shape index (κ3) is 4.15. The summed E-state index contributed by atoms with van der Waals surface area (Å²) < 4.78 is 5.64. The number of nitrogens with one attached hydrogen (secondary N) is 1. The molecule has 112 valence electrons. The summed E-state index contributed by atoms with van der Waals surface area (Å²) in [4.78, 5) is 5.08. The molecule has 4 nitrogen and oxygen atoms in total. The zero-order valence-corrected chi connectivity index (χ0v) is 13.1. The van der Waals surface area contributed by atoms with E-state index in [2.05, 4.69) is 42.9 Å². The largest absolute Gasteiger partial charge is 0.377 e. The molecule has 2 aliphatic heterocycles. The van der Waals surface area contributed by atoms with Crippen LogP contribution >= 0.6 is 0 Å². The molecule has 0 aromatic heterocycles. The SMILES string of the molecule is CC(CNCC1CCCO1)N1CCN(C)C(C)(C)C1. The minimum absolute atomic E-state index is 0.293. The Balaban J connectivity index is 1.69. The highest BCUT2D eigenvalue weighted by molar-refractivity contribution is 4.90. The van der Waals surface area contributed by atoms with Gasteiger partial charge >= 0.3 is 0 Å². The number of hydrogen-bond acceptors (Lipinski definition) is 4. The Hall–Kier alpha value is -0.160. The fraction of sp³-hybridized carbons (Fsp3) is 1.00. The van der Waals surface area contributed by atoms with Gasteiger partial charge in [0.1, 0.15) is 0 Å². The molecule has 0 bridgehead atoms. The molecule has 2 heterocycles. The van der Waals surface area contributed by atoms with Crippen LogP contribution in [0.1, 0.15) is 33.6 Å². The predicted octanol–water partition coefficient (Wildman–Crippen LogP) is 1.17. The summed E-state index contributed by atoms with van der Waals surface area (Å²) in [6.07, 6.45) is 2.91. The average Bonchev–Trinajstić information content (AvgIpc) is 2.85. The van der Waals surface area contributed by atoms with Gasteiger partial charge in [-0.1, -0.05) is 0 Å². The lowest BCUT2D eigenvalue weighted by atomic mass is 9.98. The molecule has 2 fully saturated rings. The van der Waals surface area contributed by atoms with Crippen LogP contribution in [0.15, 0.2) is 0 Å². The molecule has 0 aromatic carbocycles. The average molecular weight is 269 g/mol. The van der Waals surface area contributed by atoms with Gasteiger partial charge in [0.15, 0.2) is 0 Å². The normalized spacial score (nSPS) is 30.6. The zero-order valence-electron chi connectivity index (χ0n) is 13.1. The third-order valence-corrected chi connectivity index (χ3v) is 4.81. The van der Waals surface area contributed by atoms with E-state index in [4.69, 9.17) is 4.74 Å². The van der Waals surface area contributed by atoms with Crippen LogP contribution in [-0.2, 0) is 4.74 Å². The molecule has 19 heavy (non-hydrogen) atoms. The molecule has 0 radical (unpaired) electrons. The van der Waals surface area contributed by atoms with Gasteiger partial charge in [-0.05, 0) is 40.7 Å². The molecule has 2 rings (SSSR count). The molecule has 2 atom stereocenters. The number of nitrogens with zero attached hydrogens (tertiary/aromatic N) is 2. The summed E-state index contributed by atoms with van der Waals surface area (Å²) in [6, 6.07) is 0.606. The first kappa shape index (κ1) is 15.2. The molecule has 4 heteroatoms. The van der Waals surface area contributed by atoms with E-state index >= 15 is 0 Å². The minimum Gasteiger partial charge on any atom is -0.377 e. The molecular weight excluding hydrogens is 238 g/mol. The number of likely N-dealkylation sites (N-methyl/N-ethyl adjacent to an activating group) is 1. The van der Waals surface area contributed by atoms with Crippen LogP contribution in [0.25, 0.3) is 0 Å². The number of hydrogen-bond donors (Lipinski definition) is 1. The molecule has 0 amide bonds. The van der Waals surface area contributed by atoms with Crippen LogP contribution in [0.2, 0.25) is 0 Å². The van der Waals surface area contributed by atoms with Gasteiger partial charge in [-0.2, -0.15) is 0 Å². The Morgan fingerprint density at radius 2 is 2.16 bits per heavy atom. The van der Waals surface area contributed by atoms with Crippen molar-refractivity contribution in [3.8, 4) is 0 Å². The lowest BCUT2D eigenvalue weighted by Gasteiger charge is -2.47. The first-order valence-electron chi connectivity index (χ1n) is 7.76. The van der Waals surface area contributed by atoms with Crippen LogP contribution in [0.3, 0.4) is 0 Å². The Labute approximate surface area is 118 Å². The lowest BCUT2D eigenvalue weighted by molar-refractivity contribution is 0.0198. The molecule has 0 aromatic rings. The highest BCUT2D eigenvalue weighted by atomic mass is 16.5. The van der Waals surface area contributed by atoms with E-state index in [0.717, 1.165) is 26.2 Å². The van der Waals surface area contributed by atoms with E-state index in [9.17, 15) is 0 Å². The van der Waals surface area contributed by atoms with Crippen LogP contribution in [0.4, 0.5) is 0 Å². The Bertz CT molecular complexity index is 277. The van der Waals surface area contributed by atoms with Crippen LogP contribution < -0.4 is 5.32 Å². The van der Waals surface area contributed by atoms with Crippen molar-refractivity contribution in [2.24, 2.45) is 0 Å². The van der Waals surface area contributed by atoms with Crippen molar-refractivity contribution in [2.45, 2.75) is 51.3 Å². The highest BCUT2D eigenvalue weighted by Crippen LogP contribution is 2.20. The van der Waals surface area contributed by atoms with Crippen molar-refractivity contribution in [3.05, 3.63) is 0 Å². The van der Waals surface area contributed by atoms with Crippen molar-refractivity contribution in [3.63, 3.8) is 0 Å². The van der Waals surface area contributed by atoms with E-state index in [-0.39, 0.29) is 0 Å². The van der Waals surface area contributed by atoms with Crippen LogP contribution in [0.5, 0.6) is 0 Å². The molecular formula is C15H31N3O. The predicted molar refractivity (Wildman–Crippen MR) is 79.6 cm³/mol. The maximum atomic E-state index is 5.64. The highest BCUT2D eigenvalue weighted by Gasteiger charge is 2.32. The molecule has 0 aliphatic carbocycles. The number of rotatable bonds is 5. The van der Waals surface area contributed by atoms with Crippen molar-refractivity contribution in [1.82, 2.24) is 15.1 Å². The Morgan fingerprint density at radius 3 is 2.79 bits per heavy atom. The van der Waals surface area contributed by atoms with E-state index in [1.165, 1.54) is 25.9 Å². The van der Waals surface area contributed by atoms with E-state index in [1.807, 2.05) is 0 Å². The van der Waals surface area contributed by atoms with Crippen molar-refractivity contribution >= 4 is 0 Å². The Kier molecular flexibility index (Phi) is 5.23. The van der Waals surface area contributed by atoms with Crippen molar-refractivity contribution in [2.75, 3.05) is 46.4 Å². The molecule has 2 saturated heterocycles. The Morgan fingerprint density at radius 1 is 1.37 bits per heavy atom. The van der Waals surface area contributed by atoms with Crippen LogP contribution in [-0.4, -0.2) is 73.9 Å². The summed E-state index contributed by atoms with van der Waals surface area (Å²) in [5, 5.41) is 3.58. The van der Waals surface area contributed by atoms with Gasteiger partial charge in [-0.25, -0.2) is 0 Å². The minimum atomic E-state index is 0.293. The van der Waals surface area contributed by atoms with Gasteiger partial charge in [0.2, 0.25) is 0 Å². The topological polar surface area (TPSA) is 27.7 Å². The summed E-state index contributed by atoms with van der Waals surface area (Å²) in [5.41, 5.74) is 0.293. The maximum absolute atomic E-state index is 5.64. The monoisotopic (exact) mass is 269 g/mol. The number of ether oxygens (including phenoxy) is 1. The van der Waals surface area contributed by atoms with Gasteiger partial charge in [-0.15, -0.1) is 0 Å². The van der Waals surface area contributed by atoms with Gasteiger partial charge in [0.25, 0.3) is 0 Å². The summed E-state index contributed by atoms with van der Waals surface area (Å²) in [7, 11) is 2.23. The smallest absolute Gasteiger partial charge is 0.0700 e. The molecule has 0 spiro atoms. The second-order valence-electron chi connectivity index (χ2n) is 6.85. The summed E-state index contributed by atoms with van der Waals surface area (Å²) in [6.45, 7) is 13.6. The van der Waals surface area contributed by atoms with Crippen LogP contribution in [0, 0.1) is 0 Å². The maximum Gasteiger partial charge on any atom is 0.0700 e. The van der Waals surface area contributed by atoms with Crippen molar-refractivity contribution in [1.29, 1.82) is 0 Å². The first-order valence-corrected chi connectivity index (χ1v) is 7.76. The standard InChI is InChI=1S/C15H31N3O/c1-13(10-16-11-14-6-5-9-19-14)18-8-7-17(4)15(2,3)12-18/h13-14,16H,5-12H2,1-4H3. The lowest BCUT2D eigenvalue weighted by Crippen LogP contribution is -2.60. The van der Waals surface area contributed by atoms with Gasteiger partial charge < -0.3 is 10.1 Å². The van der Waals surface area contributed by atoms with E-state index < -0.39 is 0 Å². The number of piperazine rings is 1. The van der Waals surface area contributed by atoms with E-state index in [0.29, 0.717) is 17.7 Å². The molecule has 0 saturated carbocycles. The summed E-state index contributed by atoms with van der Waals surface area (Å²) >= 11 is 0. The fourth-order valence-corrected chi connectivity index (χ4v) is 3.04. The fourth-order valence-electron chi connectivity index (χ4n) is 3.04. The second kappa shape index (κ2) is 6.53. The van der Waals surface area contributed by atoms with Crippen molar-refractivity contribution < 1.29 is 4.74 Å². The third-order valence-electron chi connectivity index (χ3n) is 4.81. The zero-order chi connectivity index (χ0) is 13.9. The van der Waals surface area contributed by atoms with E-state index in [1.54, 1.807) is 0 Å². The quantitative estimate of drug-likeness (QED) is 0.811. The molecule has 2 aliphatic rings. The van der Waals surface area contributed by atoms with Gasteiger partial charge in [0.05, 0.1) is 6.10 Å². The molecule has 1 N–H and O–H groups in total. The van der Waals surface area contributed by atoms with Gasteiger partial charge in [0, 0.05) is 50.9 Å². The van der Waals surface area contributed by atoms with Gasteiger partial charge in [-0.3, -0.25) is 9.80 Å². The molecule has 2 unspecified atom stereocenters. The first-order chi connectivity index (χ1) is 8.99. The second-order valence-corrected chi connectivity index (χ2v) is 6.85.